The van der Waals surface area contributed by atoms with Gasteiger partial charge in [0.15, 0.2) is 17.4 Å². The molecule has 0 unspecified atom stereocenters. The number of benzene rings is 2. The Labute approximate surface area is 104 Å². The van der Waals surface area contributed by atoms with Crippen molar-refractivity contribution >= 4 is 0 Å². The average Bonchev–Trinajstić information content (AvgIpc) is 2.34. The summed E-state index contributed by atoms with van der Waals surface area (Å²) in [5.41, 5.74) is -1.33. The fraction of sp³-hybridized carbons (Fsp3) is 0.0769. The van der Waals surface area contributed by atoms with Crippen molar-refractivity contribution in [2.75, 3.05) is 0 Å². The van der Waals surface area contributed by atoms with E-state index in [1.54, 1.807) is 0 Å². The summed E-state index contributed by atoms with van der Waals surface area (Å²) in [6.07, 6.45) is 0. The smallest absolute Gasteiger partial charge is 0.187 e. The van der Waals surface area contributed by atoms with Crippen LogP contribution in [0.25, 0.3) is 11.1 Å². The Morgan fingerprint density at radius 1 is 0.789 bits per heavy atom. The van der Waals surface area contributed by atoms with Crippen LogP contribution in [0, 0.1) is 23.3 Å². The minimum Gasteiger partial charge on any atom is -0.503 e. The summed E-state index contributed by atoms with van der Waals surface area (Å²) in [5, 5.41) is 8.91. The Hall–Kier alpha value is -2.11. The van der Waals surface area contributed by atoms with Crippen LogP contribution in [0.3, 0.4) is 0 Å². The van der Waals surface area contributed by atoms with Crippen molar-refractivity contribution in [1.29, 1.82) is 0 Å². The van der Waals surface area contributed by atoms with E-state index in [4.69, 9.17) is 5.11 Å². The number of hydrogen-bond acceptors (Lipinski definition) is 1. The van der Waals surface area contributed by atoms with Gasteiger partial charge in [-0.3, -0.25) is 0 Å². The van der Waals surface area contributed by atoms with Crippen LogP contribution in [0.1, 0.15) is 5.56 Å². The largest absolute Gasteiger partial charge is 0.503 e. The van der Waals surface area contributed by atoms with Crippen molar-refractivity contribution in [3.8, 4) is 16.9 Å². The number of phenols is 1. The highest BCUT2D eigenvalue weighted by atomic mass is 19.1. The summed E-state index contributed by atoms with van der Waals surface area (Å²) in [7, 11) is 0. The third kappa shape index (κ3) is 2.38. The highest BCUT2D eigenvalue weighted by Crippen LogP contribution is 2.32. The van der Waals surface area contributed by atoms with Gasteiger partial charge in [0.1, 0.15) is 18.3 Å². The Morgan fingerprint density at radius 2 is 1.26 bits per heavy atom. The van der Waals surface area contributed by atoms with E-state index in [1.807, 2.05) is 0 Å². The molecule has 0 fully saturated rings. The molecule has 0 atom stereocenters. The molecule has 0 spiro atoms. The van der Waals surface area contributed by atoms with Crippen molar-refractivity contribution in [2.24, 2.45) is 0 Å². The van der Waals surface area contributed by atoms with Crippen molar-refractivity contribution in [3.63, 3.8) is 0 Å². The van der Waals surface area contributed by atoms with E-state index in [-0.39, 0.29) is 5.56 Å². The summed E-state index contributed by atoms with van der Waals surface area (Å²) in [4.78, 5) is 0. The van der Waals surface area contributed by atoms with Crippen LogP contribution in [0.2, 0.25) is 0 Å². The van der Waals surface area contributed by atoms with E-state index in [9.17, 15) is 22.0 Å². The first-order chi connectivity index (χ1) is 8.93. The van der Waals surface area contributed by atoms with Crippen LogP contribution in [-0.4, -0.2) is 5.11 Å². The van der Waals surface area contributed by atoms with Crippen LogP contribution >= 0.6 is 0 Å². The minimum absolute atomic E-state index is 0.224. The Kier molecular flexibility index (Phi) is 3.42. The lowest BCUT2D eigenvalue weighted by molar-refractivity contribution is 0.396. The molecule has 100 valence electrons. The van der Waals surface area contributed by atoms with Crippen molar-refractivity contribution in [2.45, 2.75) is 6.67 Å². The fourth-order valence-corrected chi connectivity index (χ4v) is 1.69. The fourth-order valence-electron chi connectivity index (χ4n) is 1.69. The van der Waals surface area contributed by atoms with Gasteiger partial charge >= 0.3 is 0 Å². The summed E-state index contributed by atoms with van der Waals surface area (Å²) < 4.78 is 65.9. The maximum atomic E-state index is 13.6. The lowest BCUT2D eigenvalue weighted by atomic mass is 10.0. The standard InChI is InChI=1S/C13H7F5O/c14-5-6-1-8(15)12(9(16)2-6)7-3-10(17)13(19)11(18)4-7/h1-4,19H,5H2. The van der Waals surface area contributed by atoms with Gasteiger partial charge < -0.3 is 5.11 Å². The topological polar surface area (TPSA) is 20.2 Å². The van der Waals surface area contributed by atoms with Gasteiger partial charge in [0.05, 0.1) is 5.56 Å². The van der Waals surface area contributed by atoms with Crippen LogP contribution in [0.5, 0.6) is 5.75 Å². The number of alkyl halides is 1. The second-order valence-corrected chi connectivity index (χ2v) is 3.86. The molecule has 1 N–H and O–H groups in total. The number of halogens is 5. The molecule has 0 amide bonds. The van der Waals surface area contributed by atoms with E-state index >= 15 is 0 Å². The van der Waals surface area contributed by atoms with E-state index < -0.39 is 46.8 Å². The first kappa shape index (κ1) is 13.3. The molecule has 1 nitrogen and oxygen atoms in total. The van der Waals surface area contributed by atoms with Gasteiger partial charge in [-0.25, -0.2) is 22.0 Å². The van der Waals surface area contributed by atoms with Crippen LogP contribution in [0.15, 0.2) is 24.3 Å². The molecule has 0 aliphatic rings. The number of hydrogen-bond donors (Lipinski definition) is 1. The first-order valence-corrected chi connectivity index (χ1v) is 5.16. The second kappa shape index (κ2) is 4.87. The molecule has 0 aliphatic carbocycles. The predicted octanol–water partition coefficient (Wildman–Crippen LogP) is 4.09. The third-order valence-electron chi connectivity index (χ3n) is 2.56. The normalized spacial score (nSPS) is 10.8. The van der Waals surface area contributed by atoms with Gasteiger partial charge in [-0.15, -0.1) is 0 Å². The highest BCUT2D eigenvalue weighted by Gasteiger charge is 2.17. The monoisotopic (exact) mass is 274 g/mol. The predicted molar refractivity (Wildman–Crippen MR) is 58.2 cm³/mol. The van der Waals surface area contributed by atoms with Crippen molar-refractivity contribution < 1.29 is 27.1 Å². The van der Waals surface area contributed by atoms with Crippen molar-refractivity contribution in [3.05, 3.63) is 53.1 Å². The first-order valence-electron chi connectivity index (χ1n) is 5.16. The summed E-state index contributed by atoms with van der Waals surface area (Å²) >= 11 is 0. The molecule has 6 heteroatoms. The van der Waals surface area contributed by atoms with Gasteiger partial charge in [-0.05, 0) is 35.4 Å². The molecule has 0 bridgehead atoms. The van der Waals surface area contributed by atoms with E-state index in [0.29, 0.717) is 12.1 Å². The molecule has 2 rings (SSSR count). The second-order valence-electron chi connectivity index (χ2n) is 3.86. The molecule has 0 heterocycles. The highest BCUT2D eigenvalue weighted by molar-refractivity contribution is 5.66. The van der Waals surface area contributed by atoms with Gasteiger partial charge in [-0.1, -0.05) is 0 Å². The molecular weight excluding hydrogens is 267 g/mol. The van der Waals surface area contributed by atoms with Gasteiger partial charge in [-0.2, -0.15) is 0 Å². The van der Waals surface area contributed by atoms with Crippen LogP contribution in [0.4, 0.5) is 22.0 Å². The average molecular weight is 274 g/mol. The van der Waals surface area contributed by atoms with E-state index in [1.165, 1.54) is 0 Å². The number of phenolic OH excluding ortho intramolecular Hbond substituents is 1. The van der Waals surface area contributed by atoms with Gasteiger partial charge in [0.25, 0.3) is 0 Å². The van der Waals surface area contributed by atoms with Crippen molar-refractivity contribution in [1.82, 2.24) is 0 Å². The zero-order chi connectivity index (χ0) is 14.2. The van der Waals surface area contributed by atoms with E-state index in [2.05, 4.69) is 0 Å². The van der Waals surface area contributed by atoms with Gasteiger partial charge in [0.2, 0.25) is 0 Å². The molecule has 0 saturated heterocycles. The lowest BCUT2D eigenvalue weighted by Crippen LogP contribution is -1.95. The molecule has 19 heavy (non-hydrogen) atoms. The summed E-state index contributed by atoms with van der Waals surface area (Å²) in [5.74, 6) is -6.20. The molecule has 0 radical (unpaired) electrons. The minimum atomic E-state index is -1.34. The zero-order valence-electron chi connectivity index (χ0n) is 9.35. The zero-order valence-corrected chi connectivity index (χ0v) is 9.35. The van der Waals surface area contributed by atoms with Gasteiger partial charge in [0, 0.05) is 0 Å². The molecular formula is C13H7F5O. The molecule has 0 aliphatic heterocycles. The molecule has 2 aromatic rings. The van der Waals surface area contributed by atoms with Crippen LogP contribution in [-0.2, 0) is 6.67 Å². The maximum absolute atomic E-state index is 13.6. The Balaban J connectivity index is 2.66. The maximum Gasteiger partial charge on any atom is 0.187 e. The Bertz CT molecular complexity index is 593. The SMILES string of the molecule is Oc1c(F)cc(-c2c(F)cc(CF)cc2F)cc1F. The Morgan fingerprint density at radius 3 is 1.68 bits per heavy atom. The third-order valence-corrected chi connectivity index (χ3v) is 2.56. The molecule has 0 saturated carbocycles. The van der Waals surface area contributed by atoms with Crippen LogP contribution < -0.4 is 0 Å². The van der Waals surface area contributed by atoms with E-state index in [0.717, 1.165) is 12.1 Å². The molecule has 0 aromatic heterocycles. The lowest BCUT2D eigenvalue weighted by Gasteiger charge is -2.08. The number of aromatic hydroxyl groups is 1. The quantitative estimate of drug-likeness (QED) is 0.818. The summed E-state index contributed by atoms with van der Waals surface area (Å²) in [6, 6.07) is 2.66. The summed E-state index contributed by atoms with van der Waals surface area (Å²) in [6.45, 7) is -1.06. The number of rotatable bonds is 2. The molecule has 2 aromatic carbocycles.